The van der Waals surface area contributed by atoms with Crippen molar-refractivity contribution in [3.8, 4) is 11.8 Å². The van der Waals surface area contributed by atoms with E-state index in [1.165, 1.54) is 5.56 Å². The SMILES string of the molecule is CNC(C)c1ccc(-n2ccnc2C#N)cc1. The van der Waals surface area contributed by atoms with E-state index in [4.69, 9.17) is 5.26 Å². The molecule has 1 unspecified atom stereocenters. The Labute approximate surface area is 101 Å². The maximum absolute atomic E-state index is 8.91. The third kappa shape index (κ3) is 2.19. The second-order valence-electron chi connectivity index (χ2n) is 3.83. The van der Waals surface area contributed by atoms with Gasteiger partial charge in [-0.1, -0.05) is 12.1 Å². The van der Waals surface area contributed by atoms with Gasteiger partial charge in [-0.3, -0.25) is 4.57 Å². The van der Waals surface area contributed by atoms with Gasteiger partial charge in [0, 0.05) is 24.1 Å². The summed E-state index contributed by atoms with van der Waals surface area (Å²) in [7, 11) is 1.93. The molecule has 1 heterocycles. The van der Waals surface area contributed by atoms with Crippen molar-refractivity contribution in [2.75, 3.05) is 7.05 Å². The summed E-state index contributed by atoms with van der Waals surface area (Å²) >= 11 is 0. The minimum atomic E-state index is 0.322. The predicted molar refractivity (Wildman–Crippen MR) is 65.8 cm³/mol. The van der Waals surface area contributed by atoms with Crippen LogP contribution in [0.5, 0.6) is 0 Å². The van der Waals surface area contributed by atoms with Crippen molar-refractivity contribution in [2.45, 2.75) is 13.0 Å². The van der Waals surface area contributed by atoms with E-state index < -0.39 is 0 Å². The highest BCUT2D eigenvalue weighted by atomic mass is 15.1. The summed E-state index contributed by atoms with van der Waals surface area (Å²) in [6.07, 6.45) is 3.41. The molecular formula is C13H14N4. The zero-order valence-electron chi connectivity index (χ0n) is 9.88. The molecule has 0 bridgehead atoms. The number of nitriles is 1. The second kappa shape index (κ2) is 4.81. The van der Waals surface area contributed by atoms with E-state index in [-0.39, 0.29) is 0 Å². The van der Waals surface area contributed by atoms with Crippen molar-refractivity contribution in [3.05, 3.63) is 48.0 Å². The largest absolute Gasteiger partial charge is 0.313 e. The molecule has 0 radical (unpaired) electrons. The van der Waals surface area contributed by atoms with Gasteiger partial charge in [-0.25, -0.2) is 4.98 Å². The Morgan fingerprint density at radius 3 is 2.65 bits per heavy atom. The topological polar surface area (TPSA) is 53.6 Å². The van der Waals surface area contributed by atoms with Gasteiger partial charge in [0.15, 0.2) is 0 Å². The summed E-state index contributed by atoms with van der Waals surface area (Å²) in [6.45, 7) is 2.10. The average molecular weight is 226 g/mol. The van der Waals surface area contributed by atoms with Crippen molar-refractivity contribution < 1.29 is 0 Å². The van der Waals surface area contributed by atoms with E-state index in [0.29, 0.717) is 11.9 Å². The van der Waals surface area contributed by atoms with Crippen molar-refractivity contribution in [1.29, 1.82) is 5.26 Å². The van der Waals surface area contributed by atoms with Crippen LogP contribution in [0.15, 0.2) is 36.7 Å². The molecule has 0 aliphatic heterocycles. The van der Waals surface area contributed by atoms with Gasteiger partial charge in [-0.05, 0) is 31.7 Å². The number of rotatable bonds is 3. The fourth-order valence-corrected chi connectivity index (χ4v) is 1.68. The first kappa shape index (κ1) is 11.4. The van der Waals surface area contributed by atoms with Crippen LogP contribution in [-0.2, 0) is 0 Å². The maximum Gasteiger partial charge on any atom is 0.217 e. The first-order valence-corrected chi connectivity index (χ1v) is 5.47. The van der Waals surface area contributed by atoms with Gasteiger partial charge in [-0.15, -0.1) is 0 Å². The normalized spacial score (nSPS) is 12.1. The molecule has 0 amide bonds. The van der Waals surface area contributed by atoms with Gasteiger partial charge in [0.05, 0.1) is 0 Å². The van der Waals surface area contributed by atoms with Crippen LogP contribution in [0.3, 0.4) is 0 Å². The minimum Gasteiger partial charge on any atom is -0.313 e. The molecule has 4 nitrogen and oxygen atoms in total. The van der Waals surface area contributed by atoms with Crippen LogP contribution in [0.25, 0.3) is 5.69 Å². The van der Waals surface area contributed by atoms with Gasteiger partial charge in [0.2, 0.25) is 5.82 Å². The average Bonchev–Trinajstić information content (AvgIpc) is 2.86. The lowest BCUT2D eigenvalue weighted by molar-refractivity contribution is 0.652. The number of aromatic nitrogens is 2. The van der Waals surface area contributed by atoms with Crippen LogP contribution in [0.2, 0.25) is 0 Å². The first-order chi connectivity index (χ1) is 8.26. The highest BCUT2D eigenvalue weighted by molar-refractivity contribution is 5.38. The number of nitrogens with zero attached hydrogens (tertiary/aromatic N) is 3. The molecule has 0 fully saturated rings. The Morgan fingerprint density at radius 2 is 2.06 bits per heavy atom. The Hall–Kier alpha value is -2.12. The molecule has 1 aromatic carbocycles. The number of hydrogen-bond acceptors (Lipinski definition) is 3. The lowest BCUT2D eigenvalue weighted by Crippen LogP contribution is -2.12. The molecule has 1 N–H and O–H groups in total. The molecule has 0 spiro atoms. The van der Waals surface area contributed by atoms with Crippen LogP contribution in [0.1, 0.15) is 24.4 Å². The lowest BCUT2D eigenvalue weighted by Gasteiger charge is -2.11. The molecule has 0 saturated heterocycles. The molecule has 0 aliphatic rings. The fourth-order valence-electron chi connectivity index (χ4n) is 1.68. The predicted octanol–water partition coefficient (Wildman–Crippen LogP) is 2.02. The molecule has 2 aromatic rings. The van der Waals surface area contributed by atoms with Crippen LogP contribution in [-0.4, -0.2) is 16.6 Å². The Morgan fingerprint density at radius 1 is 1.35 bits per heavy atom. The molecule has 0 aliphatic carbocycles. The summed E-state index contributed by atoms with van der Waals surface area (Å²) in [5.41, 5.74) is 2.17. The van der Waals surface area contributed by atoms with Crippen LogP contribution in [0, 0.1) is 11.3 Å². The standard InChI is InChI=1S/C13H14N4/c1-10(15-2)11-3-5-12(6-4-11)17-8-7-16-13(17)9-14/h3-8,10,15H,1-2H3. The quantitative estimate of drug-likeness (QED) is 0.871. The van der Waals surface area contributed by atoms with E-state index in [1.807, 2.05) is 19.2 Å². The number of imidazole rings is 1. The van der Waals surface area contributed by atoms with Gasteiger partial charge >= 0.3 is 0 Å². The first-order valence-electron chi connectivity index (χ1n) is 5.47. The number of benzene rings is 1. The van der Waals surface area contributed by atoms with E-state index >= 15 is 0 Å². The van der Waals surface area contributed by atoms with Gasteiger partial charge < -0.3 is 5.32 Å². The Bertz CT molecular complexity index is 533. The maximum atomic E-state index is 8.91. The van der Waals surface area contributed by atoms with E-state index in [1.54, 1.807) is 17.0 Å². The van der Waals surface area contributed by atoms with E-state index in [2.05, 4.69) is 35.4 Å². The molecule has 1 atom stereocenters. The molecule has 1 aromatic heterocycles. The lowest BCUT2D eigenvalue weighted by atomic mass is 10.1. The summed E-state index contributed by atoms with van der Waals surface area (Å²) < 4.78 is 1.77. The summed E-state index contributed by atoms with van der Waals surface area (Å²) in [6, 6.07) is 10.5. The summed E-state index contributed by atoms with van der Waals surface area (Å²) in [5, 5.41) is 12.1. The van der Waals surface area contributed by atoms with E-state index in [9.17, 15) is 0 Å². The number of hydrogen-bond donors (Lipinski definition) is 1. The number of nitrogens with one attached hydrogen (secondary N) is 1. The molecule has 2 rings (SSSR count). The van der Waals surface area contributed by atoms with Crippen LogP contribution in [0.4, 0.5) is 0 Å². The second-order valence-corrected chi connectivity index (χ2v) is 3.83. The molecule has 86 valence electrons. The highest BCUT2D eigenvalue weighted by Gasteiger charge is 2.05. The van der Waals surface area contributed by atoms with Gasteiger partial charge in [0.1, 0.15) is 6.07 Å². The Balaban J connectivity index is 2.33. The minimum absolute atomic E-state index is 0.322. The van der Waals surface area contributed by atoms with Gasteiger partial charge in [-0.2, -0.15) is 5.26 Å². The van der Waals surface area contributed by atoms with Crippen molar-refractivity contribution in [1.82, 2.24) is 14.9 Å². The third-order valence-corrected chi connectivity index (χ3v) is 2.85. The molecular weight excluding hydrogens is 212 g/mol. The molecule has 4 heteroatoms. The van der Waals surface area contributed by atoms with Crippen LogP contribution < -0.4 is 5.32 Å². The zero-order chi connectivity index (χ0) is 12.3. The van der Waals surface area contributed by atoms with Crippen molar-refractivity contribution >= 4 is 0 Å². The summed E-state index contributed by atoms with van der Waals surface area (Å²) in [4.78, 5) is 3.97. The highest BCUT2D eigenvalue weighted by Crippen LogP contribution is 2.16. The monoisotopic (exact) mass is 226 g/mol. The smallest absolute Gasteiger partial charge is 0.217 e. The third-order valence-electron chi connectivity index (χ3n) is 2.85. The zero-order valence-corrected chi connectivity index (χ0v) is 9.88. The summed E-state index contributed by atoms with van der Waals surface area (Å²) in [5.74, 6) is 0.402. The van der Waals surface area contributed by atoms with Crippen molar-refractivity contribution in [3.63, 3.8) is 0 Å². The Kier molecular flexibility index (Phi) is 3.22. The van der Waals surface area contributed by atoms with Crippen molar-refractivity contribution in [2.24, 2.45) is 0 Å². The fraction of sp³-hybridized carbons (Fsp3) is 0.231. The molecule has 17 heavy (non-hydrogen) atoms. The van der Waals surface area contributed by atoms with E-state index in [0.717, 1.165) is 5.69 Å². The van der Waals surface area contributed by atoms with Crippen LogP contribution >= 0.6 is 0 Å². The van der Waals surface area contributed by atoms with Gasteiger partial charge in [0.25, 0.3) is 0 Å². The molecule has 0 saturated carbocycles.